The van der Waals surface area contributed by atoms with E-state index in [2.05, 4.69) is 20.3 Å². The Morgan fingerprint density at radius 2 is 2.09 bits per heavy atom. The van der Waals surface area contributed by atoms with Crippen molar-refractivity contribution in [2.45, 2.75) is 24.3 Å². The topological polar surface area (TPSA) is 140 Å². The van der Waals surface area contributed by atoms with Crippen LogP contribution in [0.25, 0.3) is 11.0 Å². The van der Waals surface area contributed by atoms with E-state index >= 15 is 0 Å². The molecule has 0 spiro atoms. The molecule has 0 aromatic carbocycles. The Balaban J connectivity index is 1.83. The first-order valence-corrected chi connectivity index (χ1v) is 8.17. The largest absolute Gasteiger partial charge is 0.396 e. The van der Waals surface area contributed by atoms with Crippen LogP contribution in [0.5, 0.6) is 0 Å². The molecule has 0 saturated carbocycles. The highest BCUT2D eigenvalue weighted by molar-refractivity contribution is 7.99. The third-order valence-electron chi connectivity index (χ3n) is 3.89. The molecule has 8 nitrogen and oxygen atoms in total. The maximum Gasteiger partial charge on any atom is 0.151 e. The number of anilines is 1. The van der Waals surface area contributed by atoms with Crippen molar-refractivity contribution in [2.24, 2.45) is 0 Å². The van der Waals surface area contributed by atoms with Crippen molar-refractivity contribution in [1.29, 1.82) is 0 Å². The van der Waals surface area contributed by atoms with Gasteiger partial charge in [0.15, 0.2) is 5.82 Å². The van der Waals surface area contributed by atoms with E-state index in [9.17, 15) is 10.2 Å². The van der Waals surface area contributed by atoms with Crippen molar-refractivity contribution in [1.82, 2.24) is 20.3 Å². The van der Waals surface area contributed by atoms with Gasteiger partial charge in [0.1, 0.15) is 17.9 Å². The summed E-state index contributed by atoms with van der Waals surface area (Å²) in [6.45, 7) is 0.0953. The molecule has 2 aromatic rings. The van der Waals surface area contributed by atoms with Crippen molar-refractivity contribution in [3.63, 3.8) is 0 Å². The lowest BCUT2D eigenvalue weighted by molar-refractivity contribution is 0.0308. The van der Waals surface area contributed by atoms with Gasteiger partial charge < -0.3 is 31.4 Å². The van der Waals surface area contributed by atoms with Crippen LogP contribution in [0.15, 0.2) is 12.5 Å². The summed E-state index contributed by atoms with van der Waals surface area (Å²) in [5, 5.41) is 32.6. The smallest absolute Gasteiger partial charge is 0.151 e. The van der Waals surface area contributed by atoms with Gasteiger partial charge >= 0.3 is 0 Å². The van der Waals surface area contributed by atoms with Gasteiger partial charge in [0.05, 0.1) is 24.3 Å². The number of thioether (sulfide) groups is 1. The molecule has 3 rings (SSSR count). The fraction of sp³-hybridized carbons (Fsp3) is 0.538. The molecule has 0 radical (unpaired) electrons. The third kappa shape index (κ3) is 2.66. The number of aromatic nitrogens is 3. The molecule has 9 heteroatoms. The zero-order valence-electron chi connectivity index (χ0n) is 11.8. The van der Waals surface area contributed by atoms with Crippen LogP contribution in [0, 0.1) is 0 Å². The molecule has 4 atom stereocenters. The van der Waals surface area contributed by atoms with Crippen LogP contribution in [0.1, 0.15) is 11.6 Å². The summed E-state index contributed by atoms with van der Waals surface area (Å²) >= 11 is 1.52. The first-order valence-electron chi connectivity index (χ1n) is 7.01. The van der Waals surface area contributed by atoms with Gasteiger partial charge in [-0.25, -0.2) is 9.97 Å². The number of aliphatic hydroxyl groups is 3. The van der Waals surface area contributed by atoms with E-state index in [1.807, 2.05) is 0 Å². The van der Waals surface area contributed by atoms with Gasteiger partial charge in [-0.15, -0.1) is 0 Å². The van der Waals surface area contributed by atoms with Gasteiger partial charge in [-0.05, 0) is 0 Å². The number of nitrogen functional groups attached to an aromatic ring is 1. The Hall–Kier alpha value is -1.39. The van der Waals surface area contributed by atoms with Crippen LogP contribution in [0.2, 0.25) is 0 Å². The molecule has 3 heterocycles. The van der Waals surface area contributed by atoms with Crippen LogP contribution >= 0.6 is 11.8 Å². The predicted molar refractivity (Wildman–Crippen MR) is 84.4 cm³/mol. The van der Waals surface area contributed by atoms with Gasteiger partial charge in [0, 0.05) is 29.3 Å². The van der Waals surface area contributed by atoms with Crippen molar-refractivity contribution < 1.29 is 15.3 Å². The minimum atomic E-state index is -0.935. The summed E-state index contributed by atoms with van der Waals surface area (Å²) in [5.41, 5.74) is 7.81. The number of hydrogen-bond acceptors (Lipinski definition) is 8. The van der Waals surface area contributed by atoms with E-state index in [4.69, 9.17) is 10.8 Å². The molecule has 0 aliphatic carbocycles. The second kappa shape index (κ2) is 6.39. The summed E-state index contributed by atoms with van der Waals surface area (Å²) in [6, 6.07) is -0.682. The van der Waals surface area contributed by atoms with E-state index in [-0.39, 0.29) is 12.6 Å². The quantitative estimate of drug-likeness (QED) is 0.385. The molecule has 2 aromatic heterocycles. The second-order valence-electron chi connectivity index (χ2n) is 5.26. The number of H-pyrrole nitrogens is 1. The van der Waals surface area contributed by atoms with Gasteiger partial charge in [-0.2, -0.15) is 11.8 Å². The lowest BCUT2D eigenvalue weighted by Gasteiger charge is -2.14. The number of aliphatic hydroxyl groups excluding tert-OH is 3. The first kappa shape index (κ1) is 15.5. The SMILES string of the molecule is Nc1ncnc2c([C@@H]3N[C@H](CSCCO)C(O)C3O)c[nH]c12. The summed E-state index contributed by atoms with van der Waals surface area (Å²) in [4.78, 5) is 11.2. The number of hydrogen-bond donors (Lipinski definition) is 6. The van der Waals surface area contributed by atoms with Crippen LogP contribution in [-0.2, 0) is 0 Å². The molecule has 120 valence electrons. The monoisotopic (exact) mass is 325 g/mol. The van der Waals surface area contributed by atoms with Crippen LogP contribution in [-0.4, -0.2) is 66.6 Å². The minimum absolute atomic E-state index is 0.0953. The second-order valence-corrected chi connectivity index (χ2v) is 6.41. The van der Waals surface area contributed by atoms with Crippen LogP contribution in [0.4, 0.5) is 5.82 Å². The van der Waals surface area contributed by atoms with Crippen molar-refractivity contribution in [3.05, 3.63) is 18.1 Å². The molecule has 1 aliphatic rings. The highest BCUT2D eigenvalue weighted by Gasteiger charge is 2.42. The number of rotatable bonds is 5. The lowest BCUT2D eigenvalue weighted by Crippen LogP contribution is -2.35. The Morgan fingerprint density at radius 3 is 2.86 bits per heavy atom. The molecule has 22 heavy (non-hydrogen) atoms. The fourth-order valence-corrected chi connectivity index (χ4v) is 3.62. The molecular weight excluding hydrogens is 306 g/mol. The molecule has 0 amide bonds. The Morgan fingerprint density at radius 1 is 1.27 bits per heavy atom. The zero-order chi connectivity index (χ0) is 15.7. The lowest BCUT2D eigenvalue weighted by atomic mass is 10.0. The fourth-order valence-electron chi connectivity index (χ4n) is 2.77. The van der Waals surface area contributed by atoms with E-state index < -0.39 is 18.2 Å². The molecular formula is C13H19N5O3S. The number of fused-ring (bicyclic) bond motifs is 1. The summed E-state index contributed by atoms with van der Waals surface area (Å²) in [7, 11) is 0. The summed E-state index contributed by atoms with van der Waals surface area (Å²) in [5.74, 6) is 1.55. The molecule has 2 unspecified atom stereocenters. The highest BCUT2D eigenvalue weighted by atomic mass is 32.2. The summed E-state index contributed by atoms with van der Waals surface area (Å²) < 4.78 is 0. The zero-order valence-corrected chi connectivity index (χ0v) is 12.6. The molecule has 1 saturated heterocycles. The number of aromatic amines is 1. The van der Waals surface area contributed by atoms with Gasteiger partial charge in [-0.1, -0.05) is 0 Å². The minimum Gasteiger partial charge on any atom is -0.396 e. The Labute approximate surface area is 131 Å². The molecule has 1 aliphatic heterocycles. The van der Waals surface area contributed by atoms with E-state index in [1.165, 1.54) is 18.1 Å². The van der Waals surface area contributed by atoms with E-state index in [0.29, 0.717) is 28.4 Å². The summed E-state index contributed by atoms with van der Waals surface area (Å²) in [6.07, 6.45) is 1.30. The molecule has 1 fully saturated rings. The molecule has 0 bridgehead atoms. The van der Waals surface area contributed by atoms with Crippen molar-refractivity contribution >= 4 is 28.6 Å². The van der Waals surface area contributed by atoms with Gasteiger partial charge in [0.2, 0.25) is 0 Å². The van der Waals surface area contributed by atoms with Crippen molar-refractivity contribution in [2.75, 3.05) is 23.8 Å². The normalized spacial score (nSPS) is 28.5. The van der Waals surface area contributed by atoms with Gasteiger partial charge in [0.25, 0.3) is 0 Å². The number of nitrogens with zero attached hydrogens (tertiary/aromatic N) is 2. The standard InChI is InChI=1S/C13H19N5O3S/c14-13-10-8(16-5-17-13)6(3-15-10)9-12(21)11(20)7(18-9)4-22-2-1-19/h3,5,7,9,11-12,15,18-21H,1-2,4H2,(H2,14,16,17)/t7-,9+,11?,12?/m1/s1. The Bertz CT molecular complexity index is 652. The average Bonchev–Trinajstić information content (AvgIpc) is 3.05. The maximum absolute atomic E-state index is 10.3. The third-order valence-corrected chi connectivity index (χ3v) is 4.95. The van der Waals surface area contributed by atoms with Crippen LogP contribution in [0.3, 0.4) is 0 Å². The van der Waals surface area contributed by atoms with E-state index in [0.717, 1.165) is 5.56 Å². The van der Waals surface area contributed by atoms with Gasteiger partial charge in [-0.3, -0.25) is 0 Å². The van der Waals surface area contributed by atoms with E-state index in [1.54, 1.807) is 6.20 Å². The number of nitrogens with one attached hydrogen (secondary N) is 2. The number of nitrogens with two attached hydrogens (primary N) is 1. The predicted octanol–water partition coefficient (Wildman–Crippen LogP) is -1.000. The maximum atomic E-state index is 10.3. The highest BCUT2D eigenvalue weighted by Crippen LogP contribution is 2.33. The Kier molecular flexibility index (Phi) is 4.50. The van der Waals surface area contributed by atoms with Crippen LogP contribution < -0.4 is 11.1 Å². The van der Waals surface area contributed by atoms with Crippen molar-refractivity contribution in [3.8, 4) is 0 Å². The first-order chi connectivity index (χ1) is 10.6. The molecule has 7 N–H and O–H groups in total. The average molecular weight is 325 g/mol.